The minimum Gasteiger partial charge on any atom is -0.393 e. The van der Waals surface area contributed by atoms with Gasteiger partial charge in [-0.2, -0.15) is 0 Å². The third-order valence-electron chi connectivity index (χ3n) is 4.16. The molecule has 1 aliphatic rings. The topological polar surface area (TPSA) is 20.2 Å². The average molecular weight is 226 g/mol. The number of hydrogen-bond acceptors (Lipinski definition) is 1. The first-order valence-electron chi connectivity index (χ1n) is 7.26. The molecule has 0 radical (unpaired) electrons. The Kier molecular flexibility index (Phi) is 5.82. The number of aliphatic hydroxyl groups is 1. The van der Waals surface area contributed by atoms with Crippen molar-refractivity contribution in [2.24, 2.45) is 11.3 Å². The molecule has 1 rings (SSSR count). The van der Waals surface area contributed by atoms with Gasteiger partial charge >= 0.3 is 0 Å². The van der Waals surface area contributed by atoms with Gasteiger partial charge in [0.25, 0.3) is 0 Å². The van der Waals surface area contributed by atoms with E-state index in [0.717, 1.165) is 6.42 Å². The zero-order valence-electron chi connectivity index (χ0n) is 11.5. The second-order valence-corrected chi connectivity index (χ2v) is 6.28. The second kappa shape index (κ2) is 6.64. The molecule has 1 nitrogen and oxygen atoms in total. The molecule has 0 heterocycles. The summed E-state index contributed by atoms with van der Waals surface area (Å²) in [5, 5.41) is 9.97. The van der Waals surface area contributed by atoms with E-state index in [2.05, 4.69) is 20.8 Å². The summed E-state index contributed by atoms with van der Waals surface area (Å²) in [4.78, 5) is 0. The number of aliphatic hydroxyl groups excluding tert-OH is 1. The molecule has 0 aliphatic heterocycles. The van der Waals surface area contributed by atoms with E-state index in [1.165, 1.54) is 51.4 Å². The highest BCUT2D eigenvalue weighted by molar-refractivity contribution is 4.98. The maximum atomic E-state index is 9.97. The van der Waals surface area contributed by atoms with Crippen LogP contribution in [0.4, 0.5) is 0 Å². The second-order valence-electron chi connectivity index (χ2n) is 6.28. The summed E-state index contributed by atoms with van der Waals surface area (Å²) >= 11 is 0. The highest BCUT2D eigenvalue weighted by Crippen LogP contribution is 2.54. The van der Waals surface area contributed by atoms with E-state index in [0.29, 0.717) is 11.3 Å². The van der Waals surface area contributed by atoms with E-state index in [1.54, 1.807) is 0 Å². The van der Waals surface area contributed by atoms with Gasteiger partial charge in [0.15, 0.2) is 0 Å². The summed E-state index contributed by atoms with van der Waals surface area (Å²) in [6, 6.07) is 0. The normalized spacial score (nSPS) is 24.4. The Balaban J connectivity index is 1.88. The number of hydrogen-bond donors (Lipinski definition) is 1. The first-order valence-corrected chi connectivity index (χ1v) is 7.26. The van der Waals surface area contributed by atoms with Crippen molar-refractivity contribution in [2.75, 3.05) is 0 Å². The fourth-order valence-electron chi connectivity index (χ4n) is 2.68. The highest BCUT2D eigenvalue weighted by Gasteiger charge is 2.49. The van der Waals surface area contributed by atoms with Gasteiger partial charge in [0.05, 0.1) is 6.10 Å². The van der Waals surface area contributed by atoms with Gasteiger partial charge < -0.3 is 5.11 Å². The zero-order valence-corrected chi connectivity index (χ0v) is 11.5. The molecular formula is C15H30O. The van der Waals surface area contributed by atoms with Crippen molar-refractivity contribution in [3.8, 4) is 0 Å². The van der Waals surface area contributed by atoms with Crippen molar-refractivity contribution in [1.82, 2.24) is 0 Å². The molecule has 1 aliphatic carbocycles. The molecule has 96 valence electrons. The third-order valence-corrected chi connectivity index (χ3v) is 4.16. The molecule has 1 N–H and O–H groups in total. The summed E-state index contributed by atoms with van der Waals surface area (Å²) in [6.07, 6.45) is 11.6. The van der Waals surface area contributed by atoms with Crippen molar-refractivity contribution < 1.29 is 5.11 Å². The molecule has 0 saturated heterocycles. The molecule has 0 bridgehead atoms. The number of unbranched alkanes of at least 4 members (excludes halogenated alkanes) is 6. The molecule has 1 heteroatoms. The van der Waals surface area contributed by atoms with Gasteiger partial charge in [-0.1, -0.05) is 65.7 Å². The van der Waals surface area contributed by atoms with Gasteiger partial charge in [-0.15, -0.1) is 0 Å². The smallest absolute Gasteiger partial charge is 0.0573 e. The van der Waals surface area contributed by atoms with Crippen molar-refractivity contribution in [2.45, 2.75) is 84.7 Å². The van der Waals surface area contributed by atoms with Crippen LogP contribution >= 0.6 is 0 Å². The predicted octanol–water partition coefficient (Wildman–Crippen LogP) is 4.53. The number of rotatable bonds is 9. The van der Waals surface area contributed by atoms with E-state index in [1.807, 2.05) is 0 Å². The van der Waals surface area contributed by atoms with E-state index in [9.17, 15) is 5.11 Å². The zero-order chi connectivity index (χ0) is 12.0. The van der Waals surface area contributed by atoms with Gasteiger partial charge in [0.1, 0.15) is 0 Å². The molecule has 2 atom stereocenters. The Morgan fingerprint density at radius 2 is 1.56 bits per heavy atom. The monoisotopic (exact) mass is 226 g/mol. The van der Waals surface area contributed by atoms with E-state index < -0.39 is 0 Å². The van der Waals surface area contributed by atoms with Crippen LogP contribution in [0, 0.1) is 11.3 Å². The van der Waals surface area contributed by atoms with E-state index >= 15 is 0 Å². The summed E-state index contributed by atoms with van der Waals surface area (Å²) in [5.74, 6) is 0.590. The molecule has 0 aromatic heterocycles. The van der Waals surface area contributed by atoms with Crippen LogP contribution in [0.25, 0.3) is 0 Å². The fourth-order valence-corrected chi connectivity index (χ4v) is 2.68. The van der Waals surface area contributed by atoms with Crippen molar-refractivity contribution in [3.63, 3.8) is 0 Å². The van der Waals surface area contributed by atoms with Gasteiger partial charge in [0, 0.05) is 0 Å². The minimum absolute atomic E-state index is 0.0226. The van der Waals surface area contributed by atoms with Crippen LogP contribution in [-0.4, -0.2) is 11.2 Å². The Morgan fingerprint density at radius 1 is 1.06 bits per heavy atom. The lowest BCUT2D eigenvalue weighted by Crippen LogP contribution is -2.12. The lowest BCUT2D eigenvalue weighted by molar-refractivity contribution is 0.124. The summed E-state index contributed by atoms with van der Waals surface area (Å²) in [7, 11) is 0. The molecular weight excluding hydrogens is 196 g/mol. The average Bonchev–Trinajstić information content (AvgIpc) is 2.86. The molecule has 0 aromatic rings. The van der Waals surface area contributed by atoms with E-state index in [4.69, 9.17) is 0 Å². The van der Waals surface area contributed by atoms with Crippen molar-refractivity contribution in [1.29, 1.82) is 0 Å². The maximum absolute atomic E-state index is 9.97. The summed E-state index contributed by atoms with van der Waals surface area (Å²) in [6.45, 7) is 6.80. The molecule has 16 heavy (non-hydrogen) atoms. The first kappa shape index (κ1) is 14.0. The Bertz CT molecular complexity index is 186. The highest BCUT2D eigenvalue weighted by atomic mass is 16.3. The van der Waals surface area contributed by atoms with Crippen LogP contribution in [0.15, 0.2) is 0 Å². The first-order chi connectivity index (χ1) is 7.58. The summed E-state index contributed by atoms with van der Waals surface area (Å²) < 4.78 is 0. The summed E-state index contributed by atoms with van der Waals surface area (Å²) in [5.41, 5.74) is 0.431. The largest absolute Gasteiger partial charge is 0.393 e. The lowest BCUT2D eigenvalue weighted by Gasteiger charge is -2.11. The van der Waals surface area contributed by atoms with Crippen LogP contribution < -0.4 is 0 Å². The molecule has 0 aromatic carbocycles. The molecule has 2 unspecified atom stereocenters. The third kappa shape index (κ3) is 4.86. The van der Waals surface area contributed by atoms with E-state index in [-0.39, 0.29) is 6.10 Å². The van der Waals surface area contributed by atoms with Gasteiger partial charge in [-0.05, 0) is 24.2 Å². The molecule has 0 spiro atoms. The maximum Gasteiger partial charge on any atom is 0.0573 e. The van der Waals surface area contributed by atoms with Gasteiger partial charge in [0.2, 0.25) is 0 Å². The standard InChI is InChI=1S/C15H30O/c1-4-5-6-7-8-9-10-11-14(16)13-12-15(13,2)3/h13-14,16H,4-12H2,1-3H3. The van der Waals surface area contributed by atoms with Crippen molar-refractivity contribution >= 4 is 0 Å². The lowest BCUT2D eigenvalue weighted by atomic mass is 10.0. The van der Waals surface area contributed by atoms with Crippen LogP contribution in [0.2, 0.25) is 0 Å². The Morgan fingerprint density at radius 3 is 2.06 bits per heavy atom. The molecule has 1 saturated carbocycles. The molecule has 0 amide bonds. The molecule has 1 fully saturated rings. The van der Waals surface area contributed by atoms with Gasteiger partial charge in [-0.25, -0.2) is 0 Å². The SMILES string of the molecule is CCCCCCCCCC(O)C1CC1(C)C. The minimum atomic E-state index is -0.0226. The van der Waals surface area contributed by atoms with Crippen molar-refractivity contribution in [3.05, 3.63) is 0 Å². The van der Waals surface area contributed by atoms with Crippen LogP contribution in [0.1, 0.15) is 78.6 Å². The van der Waals surface area contributed by atoms with Crippen LogP contribution in [0.5, 0.6) is 0 Å². The van der Waals surface area contributed by atoms with Gasteiger partial charge in [-0.3, -0.25) is 0 Å². The fraction of sp³-hybridized carbons (Fsp3) is 1.00. The Hall–Kier alpha value is -0.0400. The van der Waals surface area contributed by atoms with Crippen LogP contribution in [0.3, 0.4) is 0 Å². The predicted molar refractivity (Wildman–Crippen MR) is 70.5 cm³/mol. The van der Waals surface area contributed by atoms with Crippen LogP contribution in [-0.2, 0) is 0 Å². The Labute approximate surface area is 102 Å². The quantitative estimate of drug-likeness (QED) is 0.572.